The number of nitrogens with one attached hydrogen (secondary N) is 1. The van der Waals surface area contributed by atoms with Gasteiger partial charge in [0.2, 0.25) is 11.8 Å². The summed E-state index contributed by atoms with van der Waals surface area (Å²) in [4.78, 5) is 25.0. The summed E-state index contributed by atoms with van der Waals surface area (Å²) in [5.74, 6) is -0.665. The highest BCUT2D eigenvalue weighted by atomic mass is 35.5. The molecule has 1 saturated heterocycles. The summed E-state index contributed by atoms with van der Waals surface area (Å²) < 4.78 is 14.1. The topological polar surface area (TPSA) is 49.4 Å². The smallest absolute Gasteiger partial charge is 0.239 e. The van der Waals surface area contributed by atoms with Gasteiger partial charge in [0.05, 0.1) is 11.4 Å². The highest BCUT2D eigenvalue weighted by molar-refractivity contribution is 8.00. The number of carbonyl (C=O) groups is 2. The molecule has 1 unspecified atom stereocenters. The van der Waals surface area contributed by atoms with Crippen molar-refractivity contribution in [2.75, 3.05) is 21.8 Å². The fraction of sp³-hybridized carbons (Fsp3) is 0.176. The summed E-state index contributed by atoms with van der Waals surface area (Å²) in [6.45, 7) is 0. The fourth-order valence-electron chi connectivity index (χ4n) is 2.50. The van der Waals surface area contributed by atoms with Crippen molar-refractivity contribution in [2.45, 2.75) is 5.37 Å². The van der Waals surface area contributed by atoms with Gasteiger partial charge in [-0.2, -0.15) is 0 Å². The van der Waals surface area contributed by atoms with E-state index in [1.54, 1.807) is 30.3 Å². The average Bonchev–Trinajstić information content (AvgIpc) is 2.97. The fourth-order valence-corrected chi connectivity index (χ4v) is 3.74. The van der Waals surface area contributed by atoms with Gasteiger partial charge in [-0.1, -0.05) is 24.3 Å². The molecule has 24 heavy (non-hydrogen) atoms. The zero-order valence-corrected chi connectivity index (χ0v) is 14.1. The minimum atomic E-state index is -0.427. The van der Waals surface area contributed by atoms with E-state index in [0.29, 0.717) is 11.4 Å². The maximum Gasteiger partial charge on any atom is 0.239 e. The first-order chi connectivity index (χ1) is 11.6. The van der Waals surface area contributed by atoms with E-state index in [4.69, 9.17) is 11.6 Å². The largest absolute Gasteiger partial charge is 0.325 e. The van der Waals surface area contributed by atoms with E-state index >= 15 is 0 Å². The third kappa shape index (κ3) is 3.39. The Kier molecular flexibility index (Phi) is 5.06. The first-order valence-corrected chi connectivity index (χ1v) is 8.82. The first kappa shape index (κ1) is 16.8. The van der Waals surface area contributed by atoms with Gasteiger partial charge in [0.1, 0.15) is 17.1 Å². The highest BCUT2D eigenvalue weighted by Gasteiger charge is 2.35. The second kappa shape index (κ2) is 7.23. The molecule has 4 nitrogen and oxygen atoms in total. The Hall–Kier alpha value is -2.05. The van der Waals surface area contributed by atoms with Crippen molar-refractivity contribution < 1.29 is 14.0 Å². The van der Waals surface area contributed by atoms with E-state index in [0.717, 1.165) is 5.56 Å². The average molecular weight is 365 g/mol. The Morgan fingerprint density at radius 2 is 1.96 bits per heavy atom. The van der Waals surface area contributed by atoms with Crippen LogP contribution in [0, 0.1) is 5.82 Å². The van der Waals surface area contributed by atoms with Crippen LogP contribution >= 0.6 is 23.4 Å². The molecule has 2 amide bonds. The molecule has 2 aromatic carbocycles. The number of anilines is 2. The second-order valence-corrected chi connectivity index (χ2v) is 6.52. The summed E-state index contributed by atoms with van der Waals surface area (Å²) in [5.41, 5.74) is 1.76. The number of nitrogens with zero attached hydrogens (tertiary/aromatic N) is 1. The lowest BCUT2D eigenvalue weighted by Gasteiger charge is -2.24. The number of thioether (sulfide) groups is 1. The van der Waals surface area contributed by atoms with Crippen molar-refractivity contribution in [3.05, 3.63) is 59.9 Å². The van der Waals surface area contributed by atoms with Crippen molar-refractivity contribution in [2.24, 2.45) is 0 Å². The van der Waals surface area contributed by atoms with E-state index in [1.165, 1.54) is 22.7 Å². The Bertz CT molecular complexity index is 769. The number of carbonyl (C=O) groups excluding carboxylic acids is 2. The summed E-state index contributed by atoms with van der Waals surface area (Å²) in [6, 6.07) is 13.3. The zero-order valence-electron chi connectivity index (χ0n) is 12.5. The lowest BCUT2D eigenvalue weighted by molar-refractivity contribution is -0.116. The number of halogens is 2. The summed E-state index contributed by atoms with van der Waals surface area (Å²) in [5, 5.41) is 2.35. The van der Waals surface area contributed by atoms with Crippen molar-refractivity contribution in [3.8, 4) is 0 Å². The first-order valence-electron chi connectivity index (χ1n) is 7.24. The number of hydrogen-bond donors (Lipinski definition) is 1. The molecule has 1 atom stereocenters. The van der Waals surface area contributed by atoms with Crippen LogP contribution in [-0.4, -0.2) is 23.4 Å². The number of benzene rings is 2. The molecule has 1 aliphatic heterocycles. The third-order valence-corrected chi connectivity index (χ3v) is 5.04. The van der Waals surface area contributed by atoms with Gasteiger partial charge in [0, 0.05) is 5.69 Å². The van der Waals surface area contributed by atoms with Crippen LogP contribution in [0.2, 0.25) is 0 Å². The predicted octanol–water partition coefficient (Wildman–Crippen LogP) is 3.78. The summed E-state index contributed by atoms with van der Waals surface area (Å²) in [7, 11) is 0. The molecule has 0 bridgehead atoms. The highest BCUT2D eigenvalue weighted by Crippen LogP contribution is 2.42. The van der Waals surface area contributed by atoms with Crippen molar-refractivity contribution >= 4 is 46.6 Å². The van der Waals surface area contributed by atoms with Gasteiger partial charge in [0.25, 0.3) is 0 Å². The summed E-state index contributed by atoms with van der Waals surface area (Å²) in [6.07, 6.45) is 0. The van der Waals surface area contributed by atoms with Crippen LogP contribution in [-0.2, 0) is 9.59 Å². The van der Waals surface area contributed by atoms with Gasteiger partial charge in [-0.3, -0.25) is 14.5 Å². The second-order valence-electron chi connectivity index (χ2n) is 5.18. The normalized spacial score (nSPS) is 17.2. The van der Waals surface area contributed by atoms with Gasteiger partial charge >= 0.3 is 0 Å². The molecule has 2 aromatic rings. The van der Waals surface area contributed by atoms with Crippen LogP contribution in [0.1, 0.15) is 10.9 Å². The maximum absolute atomic E-state index is 14.1. The number of para-hydroxylation sites is 1. The SMILES string of the molecule is O=C(CCl)Nc1ccc(C2SCC(=O)N2c2ccccc2F)cc1. The van der Waals surface area contributed by atoms with Crippen LogP contribution in [0.4, 0.5) is 15.8 Å². The van der Waals surface area contributed by atoms with Gasteiger partial charge in [0.15, 0.2) is 0 Å². The molecule has 0 radical (unpaired) electrons. The van der Waals surface area contributed by atoms with Crippen molar-refractivity contribution in [1.82, 2.24) is 0 Å². The molecule has 124 valence electrons. The molecule has 0 aliphatic carbocycles. The van der Waals surface area contributed by atoms with Gasteiger partial charge in [-0.25, -0.2) is 4.39 Å². The predicted molar refractivity (Wildman–Crippen MR) is 94.9 cm³/mol. The Morgan fingerprint density at radius 1 is 1.25 bits per heavy atom. The lowest BCUT2D eigenvalue weighted by Crippen LogP contribution is -2.28. The van der Waals surface area contributed by atoms with Gasteiger partial charge in [-0.15, -0.1) is 23.4 Å². The molecule has 0 saturated carbocycles. The standard InChI is InChI=1S/C17H14ClFN2O2S/c18-9-15(22)20-12-7-5-11(6-8-12)17-21(16(23)10-24-17)14-4-2-1-3-13(14)19/h1-8,17H,9-10H2,(H,20,22). The lowest BCUT2D eigenvalue weighted by atomic mass is 10.1. The number of amides is 2. The van der Waals surface area contributed by atoms with Crippen LogP contribution < -0.4 is 10.2 Å². The minimum absolute atomic E-state index is 0.115. The van der Waals surface area contributed by atoms with E-state index in [-0.39, 0.29) is 28.8 Å². The van der Waals surface area contributed by atoms with E-state index < -0.39 is 5.82 Å². The summed E-state index contributed by atoms with van der Waals surface area (Å²) >= 11 is 6.90. The molecule has 7 heteroatoms. The number of alkyl halides is 1. The van der Waals surface area contributed by atoms with Gasteiger partial charge in [-0.05, 0) is 29.8 Å². The molecule has 3 rings (SSSR count). The van der Waals surface area contributed by atoms with Crippen molar-refractivity contribution in [1.29, 1.82) is 0 Å². The van der Waals surface area contributed by atoms with Crippen LogP contribution in [0.3, 0.4) is 0 Å². The zero-order chi connectivity index (χ0) is 17.1. The molecule has 1 fully saturated rings. The molecule has 1 N–H and O–H groups in total. The third-order valence-electron chi connectivity index (χ3n) is 3.58. The van der Waals surface area contributed by atoms with E-state index in [2.05, 4.69) is 5.32 Å². The van der Waals surface area contributed by atoms with E-state index in [9.17, 15) is 14.0 Å². The molecular formula is C17H14ClFN2O2S. The Balaban J connectivity index is 1.86. The molecule has 1 aliphatic rings. The van der Waals surface area contributed by atoms with Crippen molar-refractivity contribution in [3.63, 3.8) is 0 Å². The number of rotatable bonds is 4. The quantitative estimate of drug-likeness (QED) is 0.840. The molecule has 0 aromatic heterocycles. The maximum atomic E-state index is 14.1. The van der Waals surface area contributed by atoms with E-state index in [1.807, 2.05) is 12.1 Å². The monoisotopic (exact) mass is 364 g/mol. The number of hydrogen-bond acceptors (Lipinski definition) is 3. The van der Waals surface area contributed by atoms with Crippen LogP contribution in [0.25, 0.3) is 0 Å². The van der Waals surface area contributed by atoms with Crippen LogP contribution in [0.5, 0.6) is 0 Å². The Labute approximate surface area is 148 Å². The van der Waals surface area contributed by atoms with Crippen LogP contribution in [0.15, 0.2) is 48.5 Å². The molecule has 0 spiro atoms. The Morgan fingerprint density at radius 3 is 2.62 bits per heavy atom. The molecular weight excluding hydrogens is 351 g/mol. The molecule has 1 heterocycles. The van der Waals surface area contributed by atoms with Gasteiger partial charge < -0.3 is 5.32 Å². The minimum Gasteiger partial charge on any atom is -0.325 e.